The molecule has 1 aromatic rings. The van der Waals surface area contributed by atoms with E-state index in [4.69, 9.17) is 44.3 Å². The second kappa shape index (κ2) is 8.25. The summed E-state index contributed by atoms with van der Waals surface area (Å²) in [6.07, 6.45) is -0.355. The molecule has 1 aromatic carbocycles. The first kappa shape index (κ1) is 19.8. The molecule has 0 saturated heterocycles. The van der Waals surface area contributed by atoms with E-state index in [0.29, 0.717) is 11.3 Å². The summed E-state index contributed by atoms with van der Waals surface area (Å²) in [5, 5.41) is 0. The molecule has 1 atom stereocenters. The highest BCUT2D eigenvalue weighted by Gasteiger charge is 2.34. The first-order valence-corrected chi connectivity index (χ1v) is 8.65. The number of alkyl halides is 3. The number of rotatable bonds is 4. The Labute approximate surface area is 160 Å². The highest BCUT2D eigenvalue weighted by atomic mass is 35.6. The lowest BCUT2D eigenvalue weighted by molar-refractivity contribution is -0.147. The zero-order valence-electron chi connectivity index (χ0n) is 13.6. The van der Waals surface area contributed by atoms with E-state index in [1.807, 2.05) is 6.07 Å². The van der Waals surface area contributed by atoms with Gasteiger partial charge < -0.3 is 9.47 Å². The van der Waals surface area contributed by atoms with Gasteiger partial charge in [0.15, 0.2) is 0 Å². The van der Waals surface area contributed by atoms with E-state index in [2.05, 4.69) is 4.99 Å². The molecule has 9 heteroatoms. The predicted molar refractivity (Wildman–Crippen MR) is 97.8 cm³/mol. The SMILES string of the molecule is CC(C)OC(=O)C[C@@H]1N=Cc2ccccc2N1C(=O)OCC(Cl)(Cl)Cl. The fourth-order valence-electron chi connectivity index (χ4n) is 2.25. The summed E-state index contributed by atoms with van der Waals surface area (Å²) in [7, 11) is 0. The Hall–Kier alpha value is -1.50. The number of aliphatic imine (C=N–C) groups is 1. The van der Waals surface area contributed by atoms with Gasteiger partial charge in [0.25, 0.3) is 0 Å². The van der Waals surface area contributed by atoms with E-state index in [0.717, 1.165) is 0 Å². The van der Waals surface area contributed by atoms with Crippen molar-refractivity contribution >= 4 is 58.8 Å². The fraction of sp³-hybridized carbons (Fsp3) is 0.438. The third kappa shape index (κ3) is 5.76. The van der Waals surface area contributed by atoms with E-state index in [9.17, 15) is 9.59 Å². The van der Waals surface area contributed by atoms with Gasteiger partial charge >= 0.3 is 12.1 Å². The maximum atomic E-state index is 12.5. The summed E-state index contributed by atoms with van der Waals surface area (Å²) in [6, 6.07) is 7.08. The van der Waals surface area contributed by atoms with Gasteiger partial charge in [-0.05, 0) is 19.9 Å². The van der Waals surface area contributed by atoms with Gasteiger partial charge in [-0.2, -0.15) is 0 Å². The van der Waals surface area contributed by atoms with Crippen LogP contribution in [0.5, 0.6) is 0 Å². The molecular formula is C16H17Cl3N2O4. The van der Waals surface area contributed by atoms with E-state index in [1.54, 1.807) is 38.3 Å². The van der Waals surface area contributed by atoms with Gasteiger partial charge in [0.2, 0.25) is 3.79 Å². The molecular weight excluding hydrogens is 391 g/mol. The first-order chi connectivity index (χ1) is 11.7. The molecule has 0 spiro atoms. The zero-order valence-corrected chi connectivity index (χ0v) is 15.9. The van der Waals surface area contributed by atoms with Gasteiger partial charge in [0.1, 0.15) is 12.8 Å². The average molecular weight is 408 g/mol. The van der Waals surface area contributed by atoms with Crippen LogP contribution in [0, 0.1) is 0 Å². The Morgan fingerprint density at radius 1 is 1.28 bits per heavy atom. The van der Waals surface area contributed by atoms with Crippen molar-refractivity contribution in [3.8, 4) is 0 Å². The highest BCUT2D eigenvalue weighted by Crippen LogP contribution is 2.30. The summed E-state index contributed by atoms with van der Waals surface area (Å²) < 4.78 is 8.45. The number of anilines is 1. The summed E-state index contributed by atoms with van der Waals surface area (Å²) in [5.41, 5.74) is 1.26. The van der Waals surface area contributed by atoms with Crippen LogP contribution in [0.15, 0.2) is 29.3 Å². The fourth-order valence-corrected chi connectivity index (χ4v) is 2.41. The Kier molecular flexibility index (Phi) is 6.54. The van der Waals surface area contributed by atoms with Crippen molar-refractivity contribution in [2.75, 3.05) is 11.5 Å². The number of esters is 1. The minimum Gasteiger partial charge on any atom is -0.463 e. The smallest absolute Gasteiger partial charge is 0.416 e. The van der Waals surface area contributed by atoms with Crippen molar-refractivity contribution in [3.05, 3.63) is 29.8 Å². The Balaban J connectivity index is 2.22. The average Bonchev–Trinajstić information content (AvgIpc) is 2.51. The molecule has 2 rings (SSSR count). The molecule has 0 bridgehead atoms. The largest absolute Gasteiger partial charge is 0.463 e. The van der Waals surface area contributed by atoms with Gasteiger partial charge in [-0.25, -0.2) is 4.79 Å². The van der Waals surface area contributed by atoms with Crippen molar-refractivity contribution in [3.63, 3.8) is 0 Å². The van der Waals surface area contributed by atoms with Crippen LogP contribution in [-0.4, -0.2) is 40.9 Å². The Morgan fingerprint density at radius 3 is 2.60 bits per heavy atom. The van der Waals surface area contributed by atoms with Crippen LogP contribution in [0.3, 0.4) is 0 Å². The molecule has 0 radical (unpaired) electrons. The lowest BCUT2D eigenvalue weighted by Crippen LogP contribution is -2.44. The molecule has 0 fully saturated rings. The maximum Gasteiger partial charge on any atom is 0.416 e. The molecule has 0 aromatic heterocycles. The van der Waals surface area contributed by atoms with Crippen LogP contribution in [0.1, 0.15) is 25.8 Å². The third-order valence-corrected chi connectivity index (χ3v) is 3.48. The van der Waals surface area contributed by atoms with Crippen LogP contribution in [0.25, 0.3) is 0 Å². The minimum absolute atomic E-state index is 0.119. The summed E-state index contributed by atoms with van der Waals surface area (Å²) in [5.74, 6) is -0.476. The second-order valence-corrected chi connectivity index (χ2v) is 8.12. The molecule has 6 nitrogen and oxygen atoms in total. The van der Waals surface area contributed by atoms with Gasteiger partial charge in [-0.15, -0.1) is 0 Å². The van der Waals surface area contributed by atoms with Gasteiger partial charge in [-0.1, -0.05) is 53.0 Å². The number of carbonyl (C=O) groups excluding carboxylic acids is 2. The Morgan fingerprint density at radius 2 is 1.96 bits per heavy atom. The van der Waals surface area contributed by atoms with Gasteiger partial charge in [-0.3, -0.25) is 14.7 Å². The lowest BCUT2D eigenvalue weighted by Gasteiger charge is -2.32. The van der Waals surface area contributed by atoms with Crippen molar-refractivity contribution in [2.45, 2.75) is 36.3 Å². The molecule has 25 heavy (non-hydrogen) atoms. The molecule has 1 aliphatic rings. The molecule has 0 aliphatic carbocycles. The normalized spacial score (nSPS) is 16.6. The van der Waals surface area contributed by atoms with Gasteiger partial charge in [0.05, 0.1) is 18.2 Å². The Bertz CT molecular complexity index is 674. The van der Waals surface area contributed by atoms with Crippen molar-refractivity contribution in [1.29, 1.82) is 0 Å². The molecule has 1 amide bonds. The number of ether oxygens (including phenoxy) is 2. The number of amides is 1. The number of fused-ring (bicyclic) bond motifs is 1. The van der Waals surface area contributed by atoms with Crippen LogP contribution < -0.4 is 4.90 Å². The summed E-state index contributed by atoms with van der Waals surface area (Å²) in [6.45, 7) is 3.05. The topological polar surface area (TPSA) is 68.2 Å². The van der Waals surface area contributed by atoms with Crippen LogP contribution >= 0.6 is 34.8 Å². The van der Waals surface area contributed by atoms with E-state index in [-0.39, 0.29) is 12.5 Å². The zero-order chi connectivity index (χ0) is 18.6. The van der Waals surface area contributed by atoms with E-state index >= 15 is 0 Å². The number of benzene rings is 1. The minimum atomic E-state index is -1.74. The van der Waals surface area contributed by atoms with E-state index in [1.165, 1.54) is 4.90 Å². The summed E-state index contributed by atoms with van der Waals surface area (Å²) in [4.78, 5) is 30.0. The second-order valence-electron chi connectivity index (χ2n) is 5.60. The van der Waals surface area contributed by atoms with Gasteiger partial charge in [0, 0.05) is 11.8 Å². The summed E-state index contributed by atoms with van der Waals surface area (Å²) >= 11 is 16.9. The van der Waals surface area contributed by atoms with Crippen LogP contribution in [-0.2, 0) is 14.3 Å². The number of nitrogens with zero attached hydrogens (tertiary/aromatic N) is 2. The van der Waals surface area contributed by atoms with Crippen molar-refractivity contribution in [2.24, 2.45) is 4.99 Å². The molecule has 1 heterocycles. The molecule has 0 unspecified atom stereocenters. The quantitative estimate of drug-likeness (QED) is 0.556. The molecule has 0 N–H and O–H groups in total. The number of para-hydroxylation sites is 1. The molecule has 0 saturated carbocycles. The molecule has 1 aliphatic heterocycles. The van der Waals surface area contributed by atoms with Crippen molar-refractivity contribution in [1.82, 2.24) is 0 Å². The monoisotopic (exact) mass is 406 g/mol. The number of carbonyl (C=O) groups is 2. The van der Waals surface area contributed by atoms with Crippen LogP contribution in [0.2, 0.25) is 0 Å². The third-order valence-electron chi connectivity index (χ3n) is 3.15. The van der Waals surface area contributed by atoms with Crippen LogP contribution in [0.4, 0.5) is 10.5 Å². The van der Waals surface area contributed by atoms with E-state index < -0.39 is 28.6 Å². The van der Waals surface area contributed by atoms with Crippen molar-refractivity contribution < 1.29 is 19.1 Å². The molecule has 136 valence electrons. The highest BCUT2D eigenvalue weighted by molar-refractivity contribution is 6.67. The number of hydrogen-bond acceptors (Lipinski definition) is 5. The number of halogens is 3. The number of hydrogen-bond donors (Lipinski definition) is 0. The lowest BCUT2D eigenvalue weighted by atomic mass is 10.1. The predicted octanol–water partition coefficient (Wildman–Crippen LogP) is 4.10. The maximum absolute atomic E-state index is 12.5. The first-order valence-electron chi connectivity index (χ1n) is 7.52. The standard InChI is InChI=1S/C16H17Cl3N2O4/c1-10(2)25-14(22)7-13-20-8-11-5-3-4-6-12(11)21(13)15(23)24-9-16(17,18)19/h3-6,8,10,13H,7,9H2,1-2H3/t13-/m1/s1.